The molecule has 35 heavy (non-hydrogen) atoms. The van der Waals surface area contributed by atoms with Gasteiger partial charge in [0, 0.05) is 23.9 Å². The van der Waals surface area contributed by atoms with Crippen LogP contribution in [0.3, 0.4) is 0 Å². The van der Waals surface area contributed by atoms with Gasteiger partial charge in [-0.1, -0.05) is 24.6 Å². The zero-order valence-electron chi connectivity index (χ0n) is 20.3. The minimum atomic E-state index is -0.448. The first kappa shape index (κ1) is 26.1. The van der Waals surface area contributed by atoms with Gasteiger partial charge >= 0.3 is 11.9 Å². The summed E-state index contributed by atoms with van der Waals surface area (Å²) in [6.07, 6.45) is 13.0. The van der Waals surface area contributed by atoms with Crippen LogP contribution in [0, 0.1) is 5.92 Å². The molecule has 0 unspecified atom stereocenters. The Kier molecular flexibility index (Phi) is 9.96. The van der Waals surface area contributed by atoms with E-state index in [1.807, 2.05) is 6.08 Å². The maximum absolute atomic E-state index is 12.5. The monoisotopic (exact) mass is 476 g/mol. The second-order valence-corrected chi connectivity index (χ2v) is 9.10. The lowest BCUT2D eigenvalue weighted by molar-refractivity contribution is -0.137. The van der Waals surface area contributed by atoms with Gasteiger partial charge in [0.2, 0.25) is 0 Å². The molecule has 6 nitrogen and oxygen atoms in total. The number of carbonyl (C=O) groups excluding carboxylic acids is 2. The molecule has 2 aromatic carbocycles. The standard InChI is InChI=1S/C29H36N2O4/c1-2-3-4-5-21-8-14-26(15-9-21)35-29(33)23-11-6-22(7-12-23)10-17-28(32)34-19-18-24-20-25(30)13-16-27(24)31/h2,6-7,10-13,16-17,20-21,26H,1,3-5,8-9,14-15,18-19,30-31H2. The van der Waals surface area contributed by atoms with Crippen molar-refractivity contribution in [3.63, 3.8) is 0 Å². The van der Waals surface area contributed by atoms with Gasteiger partial charge in [-0.25, -0.2) is 9.59 Å². The number of esters is 2. The third-order valence-electron chi connectivity index (χ3n) is 6.43. The predicted molar refractivity (Wildman–Crippen MR) is 141 cm³/mol. The molecule has 186 valence electrons. The maximum atomic E-state index is 12.5. The maximum Gasteiger partial charge on any atom is 0.338 e. The van der Waals surface area contributed by atoms with Gasteiger partial charge < -0.3 is 20.9 Å². The fraction of sp³-hybridized carbons (Fsp3) is 0.379. The van der Waals surface area contributed by atoms with Crippen LogP contribution >= 0.6 is 0 Å². The van der Waals surface area contributed by atoms with Crippen LogP contribution in [0.15, 0.2) is 61.2 Å². The summed E-state index contributed by atoms with van der Waals surface area (Å²) in [6.45, 7) is 3.98. The lowest BCUT2D eigenvalue weighted by Crippen LogP contribution is -2.24. The van der Waals surface area contributed by atoms with Crippen LogP contribution in [-0.4, -0.2) is 24.6 Å². The summed E-state index contributed by atoms with van der Waals surface area (Å²) in [5.41, 5.74) is 15.1. The van der Waals surface area contributed by atoms with Gasteiger partial charge in [-0.3, -0.25) is 0 Å². The fourth-order valence-electron chi connectivity index (χ4n) is 4.36. The summed E-state index contributed by atoms with van der Waals surface area (Å²) in [5.74, 6) is -0.00939. The molecular formula is C29H36N2O4. The first-order chi connectivity index (χ1) is 16.9. The highest BCUT2D eigenvalue weighted by Gasteiger charge is 2.24. The molecule has 1 fully saturated rings. The van der Waals surface area contributed by atoms with Gasteiger partial charge in [0.1, 0.15) is 6.10 Å². The summed E-state index contributed by atoms with van der Waals surface area (Å²) < 4.78 is 11.0. The van der Waals surface area contributed by atoms with Crippen LogP contribution in [0.25, 0.3) is 6.08 Å². The molecule has 3 rings (SSSR count). The topological polar surface area (TPSA) is 105 Å². The number of carbonyl (C=O) groups is 2. The number of unbranched alkanes of at least 4 members (excludes halogenated alkanes) is 1. The van der Waals surface area contributed by atoms with E-state index in [4.69, 9.17) is 20.9 Å². The quantitative estimate of drug-likeness (QED) is 0.141. The minimum absolute atomic E-state index is 0.00447. The van der Waals surface area contributed by atoms with Crippen molar-refractivity contribution >= 4 is 29.4 Å². The Balaban J connectivity index is 1.39. The van der Waals surface area contributed by atoms with Crippen molar-refractivity contribution in [1.29, 1.82) is 0 Å². The smallest absolute Gasteiger partial charge is 0.338 e. The Morgan fingerprint density at radius 3 is 2.49 bits per heavy atom. The van der Waals surface area contributed by atoms with Gasteiger partial charge in [0.25, 0.3) is 0 Å². The summed E-state index contributed by atoms with van der Waals surface area (Å²) in [7, 11) is 0. The normalized spacial score (nSPS) is 17.7. The average Bonchev–Trinajstić information content (AvgIpc) is 2.86. The molecular weight excluding hydrogens is 440 g/mol. The molecule has 1 saturated carbocycles. The Bertz CT molecular complexity index is 1020. The van der Waals surface area contributed by atoms with Crippen molar-refractivity contribution in [1.82, 2.24) is 0 Å². The molecule has 0 spiro atoms. The average molecular weight is 477 g/mol. The predicted octanol–water partition coefficient (Wildman–Crippen LogP) is 5.72. The lowest BCUT2D eigenvalue weighted by atomic mass is 9.84. The van der Waals surface area contributed by atoms with Crippen LogP contribution < -0.4 is 11.5 Å². The fourth-order valence-corrected chi connectivity index (χ4v) is 4.36. The van der Waals surface area contributed by atoms with Gasteiger partial charge in [0.15, 0.2) is 0 Å². The van der Waals surface area contributed by atoms with Crippen molar-refractivity contribution in [2.24, 2.45) is 5.92 Å². The first-order valence-corrected chi connectivity index (χ1v) is 12.3. The van der Waals surface area contributed by atoms with E-state index < -0.39 is 5.97 Å². The molecule has 0 saturated heterocycles. The number of allylic oxidation sites excluding steroid dienone is 1. The largest absolute Gasteiger partial charge is 0.462 e. The number of rotatable bonds is 11. The van der Waals surface area contributed by atoms with E-state index in [0.717, 1.165) is 49.1 Å². The molecule has 4 N–H and O–H groups in total. The van der Waals surface area contributed by atoms with Crippen LogP contribution in [0.4, 0.5) is 11.4 Å². The van der Waals surface area contributed by atoms with Crippen molar-refractivity contribution < 1.29 is 19.1 Å². The molecule has 0 heterocycles. The summed E-state index contributed by atoms with van der Waals surface area (Å²) in [6, 6.07) is 12.3. The highest BCUT2D eigenvalue weighted by atomic mass is 16.5. The van der Waals surface area contributed by atoms with Gasteiger partial charge in [-0.2, -0.15) is 0 Å². The molecule has 0 aliphatic heterocycles. The van der Waals surface area contributed by atoms with Crippen LogP contribution in [0.1, 0.15) is 66.4 Å². The summed E-state index contributed by atoms with van der Waals surface area (Å²) in [4.78, 5) is 24.5. The van der Waals surface area contributed by atoms with Crippen LogP contribution in [-0.2, 0) is 20.7 Å². The van der Waals surface area contributed by atoms with Crippen molar-refractivity contribution in [2.75, 3.05) is 18.1 Å². The molecule has 0 radical (unpaired) electrons. The molecule has 0 amide bonds. The van der Waals surface area contributed by atoms with Gasteiger partial charge in [-0.15, -0.1) is 6.58 Å². The molecule has 0 bridgehead atoms. The van der Waals surface area contributed by atoms with Crippen molar-refractivity contribution in [3.05, 3.63) is 77.9 Å². The lowest BCUT2D eigenvalue weighted by Gasteiger charge is -2.28. The van der Waals surface area contributed by atoms with Gasteiger partial charge in [-0.05, 0) is 92.0 Å². The highest BCUT2D eigenvalue weighted by molar-refractivity contribution is 5.90. The number of nitrogen functional groups attached to an aromatic ring is 2. The number of hydrogen-bond acceptors (Lipinski definition) is 6. The Labute approximate surface area is 208 Å². The second-order valence-electron chi connectivity index (χ2n) is 9.10. The van der Waals surface area contributed by atoms with Crippen LogP contribution in [0.5, 0.6) is 0 Å². The van der Waals surface area contributed by atoms with E-state index in [0.29, 0.717) is 23.4 Å². The zero-order chi connectivity index (χ0) is 25.0. The van der Waals surface area contributed by atoms with E-state index in [-0.39, 0.29) is 18.7 Å². The zero-order valence-corrected chi connectivity index (χ0v) is 20.3. The van der Waals surface area contributed by atoms with E-state index in [2.05, 4.69) is 6.58 Å². The summed E-state index contributed by atoms with van der Waals surface area (Å²) >= 11 is 0. The van der Waals surface area contributed by atoms with Crippen molar-refractivity contribution in [3.8, 4) is 0 Å². The first-order valence-electron chi connectivity index (χ1n) is 12.3. The third-order valence-corrected chi connectivity index (χ3v) is 6.43. The second kappa shape index (κ2) is 13.4. The third kappa shape index (κ3) is 8.63. The van der Waals surface area contributed by atoms with Gasteiger partial charge in [0.05, 0.1) is 12.2 Å². The Morgan fingerprint density at radius 2 is 1.77 bits per heavy atom. The molecule has 6 heteroatoms. The number of hydrogen-bond donors (Lipinski definition) is 2. The van der Waals surface area contributed by atoms with Crippen LogP contribution in [0.2, 0.25) is 0 Å². The van der Waals surface area contributed by atoms with E-state index >= 15 is 0 Å². The number of anilines is 2. The minimum Gasteiger partial charge on any atom is -0.462 e. The Hall–Kier alpha value is -3.54. The van der Waals surface area contributed by atoms with E-state index in [1.54, 1.807) is 48.5 Å². The summed E-state index contributed by atoms with van der Waals surface area (Å²) in [5, 5.41) is 0. The number of ether oxygens (including phenoxy) is 2. The molecule has 1 aliphatic rings. The molecule has 0 atom stereocenters. The molecule has 2 aromatic rings. The van der Waals surface area contributed by atoms with E-state index in [1.165, 1.54) is 18.9 Å². The molecule has 1 aliphatic carbocycles. The highest BCUT2D eigenvalue weighted by Crippen LogP contribution is 2.30. The SMILES string of the molecule is C=CCCCC1CCC(OC(=O)c2ccc(C=CC(=O)OCCc3cc(N)ccc3N)cc2)CC1. The Morgan fingerprint density at radius 1 is 1.03 bits per heavy atom. The van der Waals surface area contributed by atoms with Crippen molar-refractivity contribution in [2.45, 2.75) is 57.5 Å². The van der Waals surface area contributed by atoms with E-state index in [9.17, 15) is 9.59 Å². The number of benzene rings is 2. The molecule has 0 aromatic heterocycles. The number of nitrogens with two attached hydrogens (primary N) is 2.